The van der Waals surface area contributed by atoms with E-state index in [4.69, 9.17) is 24.4 Å². The third kappa shape index (κ3) is 4.16. The van der Waals surface area contributed by atoms with Gasteiger partial charge in [0.1, 0.15) is 0 Å². The van der Waals surface area contributed by atoms with Gasteiger partial charge in [-0.3, -0.25) is 0 Å². The van der Waals surface area contributed by atoms with Gasteiger partial charge in [-0.15, -0.1) is 0 Å². The maximum atomic E-state index is 11.6. The number of rotatable bonds is 8. The SMILES string of the molecule is CCCCOC(=O)N[C@H](C)Cc1ccc2c(c1)OC(C(=O)O)(C(=O)O)O2. The van der Waals surface area contributed by atoms with E-state index in [0.717, 1.165) is 12.8 Å². The highest BCUT2D eigenvalue weighted by atomic mass is 16.8. The van der Waals surface area contributed by atoms with Crippen molar-refractivity contribution in [2.24, 2.45) is 0 Å². The van der Waals surface area contributed by atoms with Crippen LogP contribution in [0.25, 0.3) is 0 Å². The van der Waals surface area contributed by atoms with E-state index in [1.165, 1.54) is 12.1 Å². The second-order valence-electron chi connectivity index (χ2n) is 5.95. The fourth-order valence-corrected chi connectivity index (χ4v) is 2.40. The first-order chi connectivity index (χ1) is 12.3. The molecule has 1 heterocycles. The van der Waals surface area contributed by atoms with E-state index in [2.05, 4.69) is 5.32 Å². The molecule has 0 radical (unpaired) electrons. The van der Waals surface area contributed by atoms with Crippen molar-refractivity contribution in [3.8, 4) is 11.5 Å². The molecule has 0 fully saturated rings. The molecule has 0 unspecified atom stereocenters. The molecule has 9 heteroatoms. The minimum Gasteiger partial charge on any atom is -0.475 e. The van der Waals surface area contributed by atoms with Crippen molar-refractivity contribution >= 4 is 18.0 Å². The summed E-state index contributed by atoms with van der Waals surface area (Å²) in [6.07, 6.45) is 1.61. The Bertz CT molecular complexity index is 688. The number of amides is 1. The van der Waals surface area contributed by atoms with E-state index in [0.29, 0.717) is 18.6 Å². The lowest BCUT2D eigenvalue weighted by Gasteiger charge is -2.17. The zero-order valence-corrected chi connectivity index (χ0v) is 14.5. The fraction of sp³-hybridized carbons (Fsp3) is 0.471. The Hall–Kier alpha value is -2.97. The predicted octanol–water partition coefficient (Wildman–Crippen LogP) is 1.78. The minimum atomic E-state index is -2.78. The van der Waals surface area contributed by atoms with E-state index in [1.807, 2.05) is 6.92 Å². The summed E-state index contributed by atoms with van der Waals surface area (Å²) in [6, 6.07) is 4.31. The van der Waals surface area contributed by atoms with Crippen LogP contribution in [0.1, 0.15) is 32.3 Å². The van der Waals surface area contributed by atoms with Crippen molar-refractivity contribution in [2.45, 2.75) is 44.9 Å². The molecule has 0 saturated carbocycles. The molecule has 1 aliphatic heterocycles. The lowest BCUT2D eigenvalue weighted by Crippen LogP contribution is -2.54. The summed E-state index contributed by atoms with van der Waals surface area (Å²) in [5.74, 6) is -6.25. The first-order valence-electron chi connectivity index (χ1n) is 8.19. The predicted molar refractivity (Wildman–Crippen MR) is 88.3 cm³/mol. The molecule has 3 N–H and O–H groups in total. The molecule has 1 atom stereocenters. The minimum absolute atomic E-state index is 0.0185. The summed E-state index contributed by atoms with van der Waals surface area (Å²) in [5.41, 5.74) is 0.709. The molecule has 1 aromatic carbocycles. The number of hydrogen-bond donors (Lipinski definition) is 3. The molecule has 1 aliphatic rings. The van der Waals surface area contributed by atoms with E-state index in [9.17, 15) is 14.4 Å². The van der Waals surface area contributed by atoms with Crippen molar-refractivity contribution in [2.75, 3.05) is 6.61 Å². The number of hydrogen-bond acceptors (Lipinski definition) is 6. The second-order valence-corrected chi connectivity index (χ2v) is 5.95. The van der Waals surface area contributed by atoms with Gasteiger partial charge in [0, 0.05) is 6.04 Å². The largest absolute Gasteiger partial charge is 0.475 e. The standard InChI is InChI=1S/C17H21NO8/c1-3-4-7-24-16(23)18-10(2)8-11-5-6-12-13(9-11)26-17(25-12,14(19)20)15(21)22/h5-6,9-10H,3-4,7-8H2,1-2H3,(H,18,23)(H,19,20)(H,21,22)/t10-/m1/s1. The summed E-state index contributed by atoms with van der Waals surface area (Å²) in [4.78, 5) is 34.1. The van der Waals surface area contributed by atoms with Gasteiger partial charge in [0.2, 0.25) is 0 Å². The van der Waals surface area contributed by atoms with E-state index >= 15 is 0 Å². The van der Waals surface area contributed by atoms with Gasteiger partial charge in [-0.25, -0.2) is 14.4 Å². The maximum absolute atomic E-state index is 11.6. The molecule has 0 bridgehead atoms. The van der Waals surface area contributed by atoms with Crippen LogP contribution in [0.3, 0.4) is 0 Å². The van der Waals surface area contributed by atoms with Gasteiger partial charge >= 0.3 is 23.8 Å². The molecule has 0 saturated heterocycles. The lowest BCUT2D eigenvalue weighted by atomic mass is 10.1. The Kier molecular flexibility index (Phi) is 5.91. The average Bonchev–Trinajstić information content (AvgIpc) is 2.95. The molecule has 0 aliphatic carbocycles. The molecule has 1 aromatic rings. The summed E-state index contributed by atoms with van der Waals surface area (Å²) >= 11 is 0. The topological polar surface area (TPSA) is 131 Å². The number of nitrogens with one attached hydrogen (secondary N) is 1. The molecule has 26 heavy (non-hydrogen) atoms. The van der Waals surface area contributed by atoms with Crippen LogP contribution in [-0.2, 0) is 20.7 Å². The van der Waals surface area contributed by atoms with Crippen LogP contribution < -0.4 is 14.8 Å². The molecule has 1 amide bonds. The maximum Gasteiger partial charge on any atom is 0.453 e. The normalized spacial score (nSPS) is 15.2. The van der Waals surface area contributed by atoms with Gasteiger partial charge < -0.3 is 29.7 Å². The van der Waals surface area contributed by atoms with Gasteiger partial charge in [0.05, 0.1) is 6.61 Å². The molecule has 9 nitrogen and oxygen atoms in total. The van der Waals surface area contributed by atoms with Crippen LogP contribution in [0.5, 0.6) is 11.5 Å². The number of alkyl carbamates (subject to hydrolysis) is 1. The van der Waals surface area contributed by atoms with Gasteiger partial charge in [0.25, 0.3) is 0 Å². The monoisotopic (exact) mass is 367 g/mol. The number of benzene rings is 1. The molecular formula is C17H21NO8. The summed E-state index contributed by atoms with van der Waals surface area (Å²) < 4.78 is 15.1. The highest BCUT2D eigenvalue weighted by molar-refractivity contribution is 6.01. The average molecular weight is 367 g/mol. The van der Waals surface area contributed by atoms with Crippen molar-refractivity contribution in [1.82, 2.24) is 5.32 Å². The Labute approximate surface area is 149 Å². The number of fused-ring (bicyclic) bond motifs is 1. The van der Waals surface area contributed by atoms with E-state index in [1.54, 1.807) is 13.0 Å². The van der Waals surface area contributed by atoms with Crippen molar-refractivity contribution < 1.29 is 38.8 Å². The molecule has 0 spiro atoms. The number of carboxylic acids is 2. The van der Waals surface area contributed by atoms with Gasteiger partial charge in [-0.1, -0.05) is 19.4 Å². The molecule has 142 valence electrons. The van der Waals surface area contributed by atoms with Crippen molar-refractivity contribution in [3.05, 3.63) is 23.8 Å². The number of carboxylic acid groups (broad SMARTS) is 2. The van der Waals surface area contributed by atoms with E-state index < -0.39 is 23.8 Å². The van der Waals surface area contributed by atoms with Crippen LogP contribution in [-0.4, -0.2) is 46.7 Å². The zero-order chi connectivity index (χ0) is 19.3. The number of aliphatic carboxylic acids is 2. The lowest BCUT2D eigenvalue weighted by molar-refractivity contribution is -0.194. The molecule has 0 aromatic heterocycles. The van der Waals surface area contributed by atoms with Crippen LogP contribution >= 0.6 is 0 Å². The first kappa shape index (κ1) is 19.4. The Balaban J connectivity index is 2.00. The molecule has 2 rings (SSSR count). The van der Waals surface area contributed by atoms with Crippen molar-refractivity contribution in [1.29, 1.82) is 0 Å². The molecular weight excluding hydrogens is 346 g/mol. The number of ether oxygens (including phenoxy) is 3. The second kappa shape index (κ2) is 7.94. The fourth-order valence-electron chi connectivity index (χ4n) is 2.40. The first-order valence-corrected chi connectivity index (χ1v) is 8.19. The number of carbonyl (C=O) groups is 3. The van der Waals surface area contributed by atoms with Crippen LogP contribution in [0, 0.1) is 0 Å². The Morgan fingerprint density at radius 1 is 1.19 bits per heavy atom. The third-order valence-electron chi connectivity index (χ3n) is 3.72. The van der Waals surface area contributed by atoms with Crippen LogP contribution in [0.2, 0.25) is 0 Å². The van der Waals surface area contributed by atoms with Crippen LogP contribution in [0.15, 0.2) is 18.2 Å². The van der Waals surface area contributed by atoms with Gasteiger partial charge in [-0.05, 0) is 37.5 Å². The highest BCUT2D eigenvalue weighted by Crippen LogP contribution is 2.40. The number of unbranched alkanes of at least 4 members (excludes halogenated alkanes) is 1. The Morgan fingerprint density at radius 3 is 2.46 bits per heavy atom. The quantitative estimate of drug-likeness (QED) is 0.468. The highest BCUT2D eigenvalue weighted by Gasteiger charge is 2.57. The summed E-state index contributed by atoms with van der Waals surface area (Å²) in [6.45, 7) is 4.13. The summed E-state index contributed by atoms with van der Waals surface area (Å²) in [7, 11) is 0. The van der Waals surface area contributed by atoms with Crippen molar-refractivity contribution in [3.63, 3.8) is 0 Å². The van der Waals surface area contributed by atoms with Gasteiger partial charge in [0.15, 0.2) is 11.5 Å². The number of carbonyl (C=O) groups excluding carboxylic acids is 1. The zero-order valence-electron chi connectivity index (χ0n) is 14.5. The van der Waals surface area contributed by atoms with Gasteiger partial charge in [-0.2, -0.15) is 0 Å². The van der Waals surface area contributed by atoms with Crippen LogP contribution in [0.4, 0.5) is 4.79 Å². The third-order valence-corrected chi connectivity index (χ3v) is 3.72. The summed E-state index contributed by atoms with van der Waals surface area (Å²) in [5, 5.41) is 20.9. The smallest absolute Gasteiger partial charge is 0.453 e. The Morgan fingerprint density at radius 2 is 1.85 bits per heavy atom. The van der Waals surface area contributed by atoms with E-state index in [-0.39, 0.29) is 17.5 Å².